The van der Waals surface area contributed by atoms with E-state index in [0.29, 0.717) is 23.7 Å². The van der Waals surface area contributed by atoms with Crippen LogP contribution in [0.2, 0.25) is 0 Å². The number of nitrogens with zero attached hydrogens (tertiary/aromatic N) is 2. The molecule has 0 aliphatic carbocycles. The van der Waals surface area contributed by atoms with Crippen molar-refractivity contribution >= 4 is 40.3 Å². The van der Waals surface area contributed by atoms with Gasteiger partial charge >= 0.3 is 0 Å². The van der Waals surface area contributed by atoms with Crippen molar-refractivity contribution in [3.8, 4) is 0 Å². The van der Waals surface area contributed by atoms with Gasteiger partial charge in [-0.2, -0.15) is 4.68 Å². The molecule has 6 nitrogen and oxygen atoms in total. The fraction of sp³-hybridized carbons (Fsp3) is 0.471. The van der Waals surface area contributed by atoms with Crippen molar-refractivity contribution in [3.63, 3.8) is 0 Å². The van der Waals surface area contributed by atoms with Crippen molar-refractivity contribution < 1.29 is 9.69 Å². The number of benzene rings is 1. The van der Waals surface area contributed by atoms with E-state index in [1.165, 1.54) is 22.5 Å². The third kappa shape index (κ3) is 5.62. The quantitative estimate of drug-likeness (QED) is 0.613. The first-order valence-corrected chi connectivity index (χ1v) is 9.62. The van der Waals surface area contributed by atoms with E-state index in [9.17, 15) is 4.79 Å². The lowest BCUT2D eigenvalue weighted by molar-refractivity contribution is -0.895. The average Bonchev–Trinajstić information content (AvgIpc) is 2.89. The van der Waals surface area contributed by atoms with E-state index in [1.807, 2.05) is 26.1 Å². The van der Waals surface area contributed by atoms with Gasteiger partial charge in [0.05, 0.1) is 7.05 Å². The Bertz CT molecular complexity index is 784. The van der Waals surface area contributed by atoms with Crippen molar-refractivity contribution in [2.75, 3.05) is 25.5 Å². The molecule has 8 heteroatoms. The van der Waals surface area contributed by atoms with E-state index < -0.39 is 0 Å². The Morgan fingerprint density at radius 1 is 1.40 bits per heavy atom. The molecule has 25 heavy (non-hydrogen) atoms. The minimum Gasteiger partial charge on any atom is -0.351 e. The van der Waals surface area contributed by atoms with E-state index in [1.54, 1.807) is 4.68 Å². The minimum absolute atomic E-state index is 0.0508. The van der Waals surface area contributed by atoms with Crippen LogP contribution in [0.4, 0.5) is 10.8 Å². The highest BCUT2D eigenvalue weighted by atomic mass is 32.1. The van der Waals surface area contributed by atoms with Crippen molar-refractivity contribution in [1.29, 1.82) is 0 Å². The summed E-state index contributed by atoms with van der Waals surface area (Å²) in [7, 11) is 1.96. The average molecular weight is 381 g/mol. The fourth-order valence-electron chi connectivity index (χ4n) is 2.37. The van der Waals surface area contributed by atoms with E-state index in [0.717, 1.165) is 22.1 Å². The third-order valence-electron chi connectivity index (χ3n) is 3.91. The number of aryl methyl sites for hydroxylation is 1. The van der Waals surface area contributed by atoms with Gasteiger partial charge in [-0.05, 0) is 49.7 Å². The number of amides is 1. The highest BCUT2D eigenvalue weighted by Gasteiger charge is 2.13. The van der Waals surface area contributed by atoms with Gasteiger partial charge in [-0.15, -0.1) is 5.10 Å². The van der Waals surface area contributed by atoms with Crippen LogP contribution in [0.5, 0.6) is 0 Å². The van der Waals surface area contributed by atoms with Crippen molar-refractivity contribution in [2.24, 2.45) is 0 Å². The van der Waals surface area contributed by atoms with Crippen molar-refractivity contribution in [3.05, 3.63) is 33.3 Å². The second-order valence-electron chi connectivity index (χ2n) is 6.19. The second kappa shape index (κ2) is 9.07. The maximum absolute atomic E-state index is 11.8. The highest BCUT2D eigenvalue weighted by Crippen LogP contribution is 2.24. The number of anilines is 2. The highest BCUT2D eigenvalue weighted by molar-refractivity contribution is 7.73. The summed E-state index contributed by atoms with van der Waals surface area (Å²) in [5.74, 6) is 0.0508. The van der Waals surface area contributed by atoms with Crippen LogP contribution in [0.15, 0.2) is 18.2 Å². The number of carbonyl (C=O) groups is 1. The molecule has 0 spiro atoms. The molecule has 3 N–H and O–H groups in total. The smallest absolute Gasteiger partial charge is 0.275 e. The number of aromatic nitrogens is 2. The van der Waals surface area contributed by atoms with Gasteiger partial charge in [0.1, 0.15) is 0 Å². The Balaban J connectivity index is 2.01. The normalized spacial score (nSPS) is 12.0. The number of likely N-dealkylation sites (N-methyl/N-ethyl adjacent to an activating group) is 1. The van der Waals surface area contributed by atoms with Crippen LogP contribution >= 0.6 is 23.6 Å². The molecule has 0 radical (unpaired) electrons. The van der Waals surface area contributed by atoms with E-state index >= 15 is 0 Å². The van der Waals surface area contributed by atoms with Crippen LogP contribution in [0, 0.1) is 17.8 Å². The van der Waals surface area contributed by atoms with E-state index in [2.05, 4.69) is 35.6 Å². The predicted octanol–water partition coefficient (Wildman–Crippen LogP) is 2.03. The zero-order chi connectivity index (χ0) is 18.4. The Hall–Kier alpha value is -1.77. The molecule has 1 amide bonds. The molecule has 0 saturated carbocycles. The molecule has 1 heterocycles. The van der Waals surface area contributed by atoms with Crippen LogP contribution in [-0.4, -0.2) is 35.8 Å². The van der Waals surface area contributed by atoms with Gasteiger partial charge < -0.3 is 15.5 Å². The molecule has 0 saturated heterocycles. The molecule has 0 aliphatic rings. The molecule has 0 aliphatic heterocycles. The summed E-state index contributed by atoms with van der Waals surface area (Å²) in [4.78, 5) is 12.8. The summed E-state index contributed by atoms with van der Waals surface area (Å²) < 4.78 is 2.47. The maximum atomic E-state index is 11.8. The lowest BCUT2D eigenvalue weighted by Gasteiger charge is -2.13. The van der Waals surface area contributed by atoms with Gasteiger partial charge in [0.2, 0.25) is 5.13 Å². The molecule has 1 aromatic carbocycles. The molecule has 2 aromatic rings. The van der Waals surface area contributed by atoms with Crippen LogP contribution in [0.25, 0.3) is 0 Å². The first-order valence-electron chi connectivity index (χ1n) is 8.40. The molecule has 1 unspecified atom stereocenters. The Morgan fingerprint density at radius 2 is 2.16 bits per heavy atom. The first-order chi connectivity index (χ1) is 11.9. The number of rotatable bonds is 8. The summed E-state index contributed by atoms with van der Waals surface area (Å²) in [6, 6.07) is 6.14. The van der Waals surface area contributed by atoms with Gasteiger partial charge in [-0.3, -0.25) is 4.79 Å². The number of nitrogens with one attached hydrogen (secondary N) is 3. The van der Waals surface area contributed by atoms with Crippen LogP contribution < -0.4 is 15.5 Å². The summed E-state index contributed by atoms with van der Waals surface area (Å²) in [6.07, 6.45) is 0.940. The lowest BCUT2D eigenvalue weighted by atomic mass is 10.1. The standard InChI is InChI=1S/C17H25N5OS2/c1-5-9-18-15(23)10-21(4)11-22-17(24)25-16(20-22)19-14-8-6-7-12(2)13(14)3/h6-8H,5,9-11H2,1-4H3,(H,18,23)(H,19,20)/p+1. The molecular formula is C17H26N5OS2+. The van der Waals surface area contributed by atoms with Gasteiger partial charge in [0, 0.05) is 12.2 Å². The lowest BCUT2D eigenvalue weighted by Crippen LogP contribution is -3.09. The van der Waals surface area contributed by atoms with Crippen LogP contribution in [0.3, 0.4) is 0 Å². The van der Waals surface area contributed by atoms with E-state index in [-0.39, 0.29) is 5.91 Å². The van der Waals surface area contributed by atoms with Gasteiger partial charge in [-0.1, -0.05) is 30.4 Å². The van der Waals surface area contributed by atoms with Gasteiger partial charge in [-0.25, -0.2) is 0 Å². The zero-order valence-electron chi connectivity index (χ0n) is 15.2. The Kier molecular flexibility index (Phi) is 7.10. The molecule has 136 valence electrons. The zero-order valence-corrected chi connectivity index (χ0v) is 16.8. The summed E-state index contributed by atoms with van der Waals surface area (Å²) >= 11 is 6.85. The van der Waals surface area contributed by atoms with Crippen LogP contribution in [-0.2, 0) is 11.5 Å². The fourth-order valence-corrected chi connectivity index (χ4v) is 3.39. The Morgan fingerprint density at radius 3 is 2.88 bits per heavy atom. The predicted molar refractivity (Wildman–Crippen MR) is 105 cm³/mol. The number of carbonyl (C=O) groups excluding carboxylic acids is 1. The van der Waals surface area contributed by atoms with Gasteiger partial charge in [0.15, 0.2) is 17.2 Å². The first kappa shape index (κ1) is 19.6. The largest absolute Gasteiger partial charge is 0.351 e. The number of hydrogen-bond donors (Lipinski definition) is 3. The topological polar surface area (TPSA) is 63.4 Å². The molecule has 0 bridgehead atoms. The third-order valence-corrected chi connectivity index (χ3v) is 5.13. The molecule has 1 aromatic heterocycles. The van der Waals surface area contributed by atoms with Crippen LogP contribution in [0.1, 0.15) is 24.5 Å². The molecule has 1 atom stereocenters. The maximum Gasteiger partial charge on any atom is 0.275 e. The van der Waals surface area contributed by atoms with Crippen molar-refractivity contribution in [2.45, 2.75) is 33.9 Å². The summed E-state index contributed by atoms with van der Waals surface area (Å²) in [5, 5.41) is 11.6. The summed E-state index contributed by atoms with van der Waals surface area (Å²) in [6.45, 7) is 7.88. The Labute approximate surface area is 157 Å². The van der Waals surface area contributed by atoms with Crippen molar-refractivity contribution in [1.82, 2.24) is 15.1 Å². The second-order valence-corrected chi connectivity index (χ2v) is 7.81. The molecular weight excluding hydrogens is 354 g/mol. The summed E-state index contributed by atoms with van der Waals surface area (Å²) in [5.41, 5.74) is 3.47. The monoisotopic (exact) mass is 380 g/mol. The molecule has 0 fully saturated rings. The van der Waals surface area contributed by atoms with Gasteiger partial charge in [0.25, 0.3) is 5.91 Å². The number of hydrogen-bond acceptors (Lipinski definition) is 5. The molecule has 2 rings (SSSR count). The SMILES string of the molecule is CCCNC(=O)C[NH+](C)Cn1nc(Nc2cccc(C)c2C)sc1=S. The number of quaternary nitrogens is 1. The minimum atomic E-state index is 0.0508. The van der Waals surface area contributed by atoms with E-state index in [4.69, 9.17) is 12.2 Å².